The number of aromatic nitrogens is 2. The van der Waals surface area contributed by atoms with Crippen LogP contribution in [0.4, 0.5) is 5.69 Å². The Morgan fingerprint density at radius 3 is 2.61 bits per heavy atom. The van der Waals surface area contributed by atoms with Gasteiger partial charge in [-0.1, -0.05) is 36.4 Å². The van der Waals surface area contributed by atoms with Crippen molar-refractivity contribution in [3.63, 3.8) is 0 Å². The van der Waals surface area contributed by atoms with Crippen LogP contribution in [0.5, 0.6) is 0 Å². The van der Waals surface area contributed by atoms with Gasteiger partial charge in [0.15, 0.2) is 5.57 Å². The van der Waals surface area contributed by atoms with Gasteiger partial charge in [0, 0.05) is 18.1 Å². The maximum atomic E-state index is 13.4. The van der Waals surface area contributed by atoms with Gasteiger partial charge < -0.3 is 5.32 Å². The van der Waals surface area contributed by atoms with E-state index in [0.717, 1.165) is 28.0 Å². The van der Waals surface area contributed by atoms with Crippen molar-refractivity contribution in [1.82, 2.24) is 9.55 Å². The topological polar surface area (TPSA) is 87.8 Å². The monoisotopic (exact) mass is 452 g/mol. The molecule has 0 spiro atoms. The number of benzene rings is 2. The van der Waals surface area contributed by atoms with Crippen LogP contribution in [0.15, 0.2) is 77.9 Å². The van der Waals surface area contributed by atoms with Gasteiger partial charge in [-0.2, -0.15) is 5.26 Å². The summed E-state index contributed by atoms with van der Waals surface area (Å²) in [6.07, 6.45) is 5.01. The van der Waals surface area contributed by atoms with Crippen molar-refractivity contribution in [3.8, 4) is 11.8 Å². The van der Waals surface area contributed by atoms with Gasteiger partial charge in [-0.3, -0.25) is 19.1 Å². The molecule has 0 atom stereocenters. The number of nitrogens with one attached hydrogen (secondary N) is 1. The Bertz CT molecular complexity index is 1550. The zero-order valence-corrected chi connectivity index (χ0v) is 18.9. The molecule has 162 valence electrons. The molecule has 2 aromatic carbocycles. The first-order chi connectivity index (χ1) is 16.0. The summed E-state index contributed by atoms with van der Waals surface area (Å²) in [5.74, 6) is -0.565. The number of thiazole rings is 1. The molecule has 0 aliphatic carbocycles. The number of amides is 1. The molecule has 0 fully saturated rings. The molecule has 0 aliphatic rings. The summed E-state index contributed by atoms with van der Waals surface area (Å²) in [5, 5.41) is 12.8. The van der Waals surface area contributed by atoms with Crippen molar-refractivity contribution in [2.75, 3.05) is 5.32 Å². The third kappa shape index (κ3) is 4.66. The molecule has 1 N–H and O–H groups in total. The van der Waals surface area contributed by atoms with Crippen LogP contribution < -0.4 is 20.1 Å². The van der Waals surface area contributed by atoms with Crippen LogP contribution >= 0.6 is 11.3 Å². The SMILES string of the molecule is Cc1ccc(C)c(NC(=O)/C(C#N)=c2/s/c(=C/c3cccnc3)c(=O)n2-c2ccccc2)c1. The summed E-state index contributed by atoms with van der Waals surface area (Å²) >= 11 is 1.10. The zero-order valence-electron chi connectivity index (χ0n) is 18.1. The average Bonchev–Trinajstić information content (AvgIpc) is 3.13. The summed E-state index contributed by atoms with van der Waals surface area (Å²) in [6.45, 7) is 3.81. The third-order valence-electron chi connectivity index (χ3n) is 5.01. The first-order valence-electron chi connectivity index (χ1n) is 10.2. The second kappa shape index (κ2) is 9.47. The zero-order chi connectivity index (χ0) is 23.4. The Labute approximate surface area is 194 Å². The molecule has 4 aromatic rings. The molecule has 6 nitrogen and oxygen atoms in total. The van der Waals surface area contributed by atoms with Gasteiger partial charge in [-0.25, -0.2) is 0 Å². The highest BCUT2D eigenvalue weighted by Gasteiger charge is 2.18. The Morgan fingerprint density at radius 2 is 1.91 bits per heavy atom. The second-order valence-electron chi connectivity index (χ2n) is 7.44. The highest BCUT2D eigenvalue weighted by Crippen LogP contribution is 2.17. The molecule has 0 radical (unpaired) electrons. The first kappa shape index (κ1) is 21.9. The summed E-state index contributed by atoms with van der Waals surface area (Å²) in [6, 6.07) is 20.3. The minimum Gasteiger partial charge on any atom is -0.321 e. The fourth-order valence-corrected chi connectivity index (χ4v) is 4.43. The minimum absolute atomic E-state index is 0.132. The van der Waals surface area contributed by atoms with Crippen LogP contribution in [0.2, 0.25) is 0 Å². The predicted octanol–water partition coefficient (Wildman–Crippen LogP) is 3.05. The summed E-state index contributed by atoms with van der Waals surface area (Å²) < 4.78 is 2.08. The van der Waals surface area contributed by atoms with Gasteiger partial charge >= 0.3 is 0 Å². The molecule has 2 aromatic heterocycles. The molecule has 4 rings (SSSR count). The van der Waals surface area contributed by atoms with Crippen molar-refractivity contribution in [2.45, 2.75) is 13.8 Å². The fraction of sp³-hybridized carbons (Fsp3) is 0.0769. The number of hydrogen-bond donors (Lipinski definition) is 1. The molecule has 7 heteroatoms. The first-order valence-corrected chi connectivity index (χ1v) is 11.0. The highest BCUT2D eigenvalue weighted by molar-refractivity contribution is 7.07. The number of pyridine rings is 1. The van der Waals surface area contributed by atoms with Crippen molar-refractivity contribution < 1.29 is 4.79 Å². The molecular formula is C26H20N4O2S. The van der Waals surface area contributed by atoms with E-state index in [1.807, 2.05) is 50.2 Å². The number of hydrogen-bond acceptors (Lipinski definition) is 5. The van der Waals surface area contributed by atoms with E-state index in [9.17, 15) is 14.9 Å². The minimum atomic E-state index is -0.565. The number of rotatable bonds is 4. The number of carbonyl (C=O) groups is 1. The second-order valence-corrected chi connectivity index (χ2v) is 8.47. The van der Waals surface area contributed by atoms with Gasteiger partial charge in [0.25, 0.3) is 11.5 Å². The van der Waals surface area contributed by atoms with Gasteiger partial charge in [0.2, 0.25) is 0 Å². The van der Waals surface area contributed by atoms with E-state index < -0.39 is 5.91 Å². The Hall–Kier alpha value is -4.28. The van der Waals surface area contributed by atoms with Crippen LogP contribution in [0.3, 0.4) is 0 Å². The van der Waals surface area contributed by atoms with E-state index in [1.165, 1.54) is 4.57 Å². The molecule has 0 saturated heterocycles. The third-order valence-corrected chi connectivity index (χ3v) is 6.11. The molecule has 0 aliphatic heterocycles. The predicted molar refractivity (Wildman–Crippen MR) is 131 cm³/mol. The van der Waals surface area contributed by atoms with Crippen LogP contribution in [-0.2, 0) is 4.79 Å². The standard InChI is InChI=1S/C26H20N4O2S/c1-17-10-11-18(2)22(13-17)29-24(31)21(15-27)26-30(20-8-4-3-5-9-20)25(32)23(33-26)14-19-7-6-12-28-16-19/h3-14,16H,1-2H3,(H,29,31)/b23-14+,26-21+. The van der Waals surface area contributed by atoms with E-state index in [0.29, 0.717) is 15.9 Å². The number of anilines is 1. The van der Waals surface area contributed by atoms with Gasteiger partial charge in [0.1, 0.15) is 10.7 Å². The van der Waals surface area contributed by atoms with Crippen LogP contribution in [-0.4, -0.2) is 15.5 Å². The van der Waals surface area contributed by atoms with Crippen LogP contribution in [0.1, 0.15) is 16.7 Å². The van der Waals surface area contributed by atoms with Crippen LogP contribution in [0, 0.1) is 25.2 Å². The van der Waals surface area contributed by atoms with Crippen molar-refractivity contribution >= 4 is 34.6 Å². The van der Waals surface area contributed by atoms with Gasteiger partial charge in [0.05, 0.1) is 10.2 Å². The molecule has 1 amide bonds. The Morgan fingerprint density at radius 1 is 1.12 bits per heavy atom. The van der Waals surface area contributed by atoms with E-state index in [-0.39, 0.29) is 15.8 Å². The number of para-hydroxylation sites is 1. The molecule has 0 saturated carbocycles. The van der Waals surface area contributed by atoms with Crippen molar-refractivity contribution in [2.24, 2.45) is 0 Å². The molecular weight excluding hydrogens is 432 g/mol. The van der Waals surface area contributed by atoms with Gasteiger partial charge in [-0.15, -0.1) is 11.3 Å². The molecule has 0 bridgehead atoms. The largest absolute Gasteiger partial charge is 0.321 e. The normalized spacial score (nSPS) is 12.2. The summed E-state index contributed by atoms with van der Waals surface area (Å²) in [7, 11) is 0. The fourth-order valence-electron chi connectivity index (χ4n) is 3.33. The van der Waals surface area contributed by atoms with Crippen molar-refractivity contribution in [1.29, 1.82) is 5.26 Å². The lowest BCUT2D eigenvalue weighted by Crippen LogP contribution is -2.32. The lowest BCUT2D eigenvalue weighted by molar-refractivity contribution is -0.111. The van der Waals surface area contributed by atoms with E-state index in [1.54, 1.807) is 48.8 Å². The quantitative estimate of drug-likeness (QED) is 0.516. The molecule has 33 heavy (non-hydrogen) atoms. The average molecular weight is 453 g/mol. The number of nitrogens with zero attached hydrogens (tertiary/aromatic N) is 3. The number of carbonyl (C=O) groups excluding carboxylic acids is 1. The lowest BCUT2D eigenvalue weighted by atomic mass is 10.1. The lowest BCUT2D eigenvalue weighted by Gasteiger charge is -2.09. The van der Waals surface area contributed by atoms with Crippen molar-refractivity contribution in [3.05, 3.63) is 109 Å². The van der Waals surface area contributed by atoms with E-state index in [4.69, 9.17) is 0 Å². The number of aryl methyl sites for hydroxylation is 2. The maximum absolute atomic E-state index is 13.4. The summed E-state index contributed by atoms with van der Waals surface area (Å²) in [5.41, 5.74) is 3.38. The van der Waals surface area contributed by atoms with E-state index >= 15 is 0 Å². The highest BCUT2D eigenvalue weighted by atomic mass is 32.1. The van der Waals surface area contributed by atoms with Crippen LogP contribution in [0.25, 0.3) is 17.3 Å². The van der Waals surface area contributed by atoms with Gasteiger partial charge in [-0.05, 0) is 60.9 Å². The molecule has 2 heterocycles. The number of nitriles is 1. The molecule has 0 unspecified atom stereocenters. The maximum Gasteiger partial charge on any atom is 0.273 e. The smallest absolute Gasteiger partial charge is 0.273 e. The Kier molecular flexibility index (Phi) is 6.29. The van der Waals surface area contributed by atoms with E-state index in [2.05, 4.69) is 10.3 Å². The Balaban J connectivity index is 1.95. The summed E-state index contributed by atoms with van der Waals surface area (Å²) in [4.78, 5) is 30.6.